The fourth-order valence-corrected chi connectivity index (χ4v) is 5.49. The third kappa shape index (κ3) is 4.15. The summed E-state index contributed by atoms with van der Waals surface area (Å²) < 4.78 is 5.59. The molecule has 3 fully saturated rings. The van der Waals surface area contributed by atoms with Crippen molar-refractivity contribution in [2.45, 2.75) is 69.6 Å². The molecule has 152 valence electrons. The van der Waals surface area contributed by atoms with Crippen molar-refractivity contribution in [1.29, 1.82) is 0 Å². The zero-order valence-electron chi connectivity index (χ0n) is 16.1. The van der Waals surface area contributed by atoms with Crippen molar-refractivity contribution in [2.24, 2.45) is 5.92 Å². The van der Waals surface area contributed by atoms with Gasteiger partial charge >= 0.3 is 0 Å². The van der Waals surface area contributed by atoms with Gasteiger partial charge in [-0.15, -0.1) is 0 Å². The highest BCUT2D eigenvalue weighted by Crippen LogP contribution is 2.30. The Morgan fingerprint density at radius 2 is 2.04 bits per heavy atom. The number of Topliss-reactive ketones (excluding diaryl/α,β-unsaturated/α-hetero) is 1. The number of carbonyl (C=O) groups is 3. The number of amides is 2. The van der Waals surface area contributed by atoms with Gasteiger partial charge in [-0.25, -0.2) is 0 Å². The molecule has 0 bridgehead atoms. The van der Waals surface area contributed by atoms with Gasteiger partial charge in [-0.1, -0.05) is 32.1 Å². The van der Waals surface area contributed by atoms with Gasteiger partial charge in [0.05, 0.1) is 11.7 Å². The number of ether oxygens (including phenoxy) is 1. The Morgan fingerprint density at radius 1 is 1.21 bits per heavy atom. The molecule has 1 aliphatic carbocycles. The lowest BCUT2D eigenvalue weighted by atomic mass is 9.84. The Hall–Kier alpha value is -1.73. The molecular weight excluding hydrogens is 376 g/mol. The molecule has 0 spiro atoms. The summed E-state index contributed by atoms with van der Waals surface area (Å²) in [6, 6.07) is 0.712. The largest absolute Gasteiger partial charge is 0.368 e. The van der Waals surface area contributed by atoms with Gasteiger partial charge in [0.15, 0.2) is 5.78 Å². The number of piperidine rings is 1. The van der Waals surface area contributed by atoms with Crippen molar-refractivity contribution in [3.63, 3.8) is 0 Å². The molecule has 3 heterocycles. The summed E-state index contributed by atoms with van der Waals surface area (Å²) in [5.41, 5.74) is 0.586. The Labute approximate surface area is 169 Å². The molecule has 2 aliphatic heterocycles. The molecule has 1 N–H and O–H groups in total. The van der Waals surface area contributed by atoms with Crippen LogP contribution in [-0.2, 0) is 14.3 Å². The van der Waals surface area contributed by atoms with Crippen LogP contribution < -0.4 is 5.32 Å². The van der Waals surface area contributed by atoms with E-state index in [0.29, 0.717) is 24.4 Å². The Kier molecular flexibility index (Phi) is 6.11. The molecular formula is C21H28N2O4S. The average molecular weight is 405 g/mol. The topological polar surface area (TPSA) is 75.7 Å². The van der Waals surface area contributed by atoms with Crippen molar-refractivity contribution in [3.05, 3.63) is 22.4 Å². The number of likely N-dealkylation sites (tertiary alicyclic amines) is 1. The third-order valence-corrected chi connectivity index (χ3v) is 6.99. The molecule has 1 aromatic heterocycles. The van der Waals surface area contributed by atoms with E-state index < -0.39 is 12.1 Å². The number of ketones is 1. The van der Waals surface area contributed by atoms with Crippen molar-refractivity contribution < 1.29 is 19.1 Å². The predicted molar refractivity (Wildman–Crippen MR) is 106 cm³/mol. The second-order valence-electron chi connectivity index (χ2n) is 8.21. The molecule has 7 heteroatoms. The van der Waals surface area contributed by atoms with Crippen molar-refractivity contribution in [2.75, 3.05) is 13.2 Å². The van der Waals surface area contributed by atoms with Crippen LogP contribution in [0.2, 0.25) is 0 Å². The first-order chi connectivity index (χ1) is 13.6. The van der Waals surface area contributed by atoms with Crippen LogP contribution in [0.4, 0.5) is 0 Å². The highest BCUT2D eigenvalue weighted by molar-refractivity contribution is 7.08. The maximum Gasteiger partial charge on any atom is 0.252 e. The summed E-state index contributed by atoms with van der Waals surface area (Å²) in [5.74, 6) is 0.0980. The van der Waals surface area contributed by atoms with Crippen LogP contribution >= 0.6 is 11.3 Å². The number of rotatable bonds is 5. The van der Waals surface area contributed by atoms with Gasteiger partial charge in [-0.05, 0) is 36.6 Å². The van der Waals surface area contributed by atoms with E-state index in [1.54, 1.807) is 16.3 Å². The number of hydrogen-bond acceptors (Lipinski definition) is 5. The smallest absolute Gasteiger partial charge is 0.252 e. The van der Waals surface area contributed by atoms with Gasteiger partial charge in [0, 0.05) is 11.9 Å². The van der Waals surface area contributed by atoms with Gasteiger partial charge < -0.3 is 15.0 Å². The van der Waals surface area contributed by atoms with Gasteiger partial charge in [0.2, 0.25) is 5.91 Å². The maximum absolute atomic E-state index is 13.5. The number of nitrogens with zero attached hydrogens (tertiary/aromatic N) is 1. The first kappa shape index (κ1) is 19.6. The zero-order chi connectivity index (χ0) is 19.5. The lowest BCUT2D eigenvalue weighted by molar-refractivity contribution is -0.142. The standard InChI is InChI=1S/C21H28N2O4S/c24-17-12-27-18-7-4-9-23(19(17)18)21(26)16(11-14-5-2-1-3-6-14)22-20(25)15-8-10-28-13-15/h8,10,13-14,16,18-19H,1-7,9,11-12H2,(H,22,25)/t16-,18+,19+/m0/s1. The van der Waals surface area contributed by atoms with Crippen molar-refractivity contribution >= 4 is 28.9 Å². The highest BCUT2D eigenvalue weighted by atomic mass is 32.1. The normalized spacial score (nSPS) is 26.7. The summed E-state index contributed by atoms with van der Waals surface area (Å²) in [6.07, 6.45) is 7.93. The second-order valence-corrected chi connectivity index (χ2v) is 8.99. The lowest BCUT2D eigenvalue weighted by Crippen LogP contribution is -2.58. The van der Waals surface area contributed by atoms with E-state index in [9.17, 15) is 14.4 Å². The second kappa shape index (κ2) is 8.74. The van der Waals surface area contributed by atoms with E-state index in [-0.39, 0.29) is 30.3 Å². The lowest BCUT2D eigenvalue weighted by Gasteiger charge is -2.38. The SMILES string of the molecule is O=C(N[C@@H](CC1CCCCC1)C(=O)N1CCC[C@H]2OCC(=O)[C@H]21)c1ccsc1. The summed E-state index contributed by atoms with van der Waals surface area (Å²) in [5, 5.41) is 6.64. The van der Waals surface area contributed by atoms with Crippen LogP contribution in [-0.4, -0.2) is 53.8 Å². The fourth-order valence-electron chi connectivity index (χ4n) is 4.85. The van der Waals surface area contributed by atoms with Crippen molar-refractivity contribution in [3.8, 4) is 0 Å². The molecule has 0 unspecified atom stereocenters. The van der Waals surface area contributed by atoms with Crippen LogP contribution in [0.25, 0.3) is 0 Å². The van der Waals surface area contributed by atoms with Gasteiger partial charge in [0.1, 0.15) is 18.7 Å². The molecule has 3 aliphatic rings. The Balaban J connectivity index is 1.51. The van der Waals surface area contributed by atoms with Gasteiger partial charge in [-0.3, -0.25) is 14.4 Å². The number of nitrogens with one attached hydrogen (secondary N) is 1. The van der Waals surface area contributed by atoms with Gasteiger partial charge in [0.25, 0.3) is 5.91 Å². The van der Waals surface area contributed by atoms with Crippen LogP contribution in [0, 0.1) is 5.92 Å². The highest BCUT2D eigenvalue weighted by Gasteiger charge is 2.46. The van der Waals surface area contributed by atoms with E-state index >= 15 is 0 Å². The maximum atomic E-state index is 13.5. The van der Waals surface area contributed by atoms with Gasteiger partial charge in [-0.2, -0.15) is 11.3 Å². The Bertz CT molecular complexity index is 714. The number of thiophene rings is 1. The number of carbonyl (C=O) groups excluding carboxylic acids is 3. The summed E-state index contributed by atoms with van der Waals surface area (Å²) in [4.78, 5) is 40.2. The van der Waals surface area contributed by atoms with E-state index in [2.05, 4.69) is 5.32 Å². The summed E-state index contributed by atoms with van der Waals surface area (Å²) in [6.45, 7) is 0.651. The van der Waals surface area contributed by atoms with E-state index in [0.717, 1.165) is 25.7 Å². The van der Waals surface area contributed by atoms with Crippen LogP contribution in [0.3, 0.4) is 0 Å². The summed E-state index contributed by atoms with van der Waals surface area (Å²) >= 11 is 1.46. The predicted octanol–water partition coefficient (Wildman–Crippen LogP) is 2.78. The van der Waals surface area contributed by atoms with E-state index in [4.69, 9.17) is 4.74 Å². The molecule has 4 rings (SSSR count). The fraction of sp³-hybridized carbons (Fsp3) is 0.667. The molecule has 6 nitrogen and oxygen atoms in total. The molecule has 0 aromatic carbocycles. The van der Waals surface area contributed by atoms with E-state index in [1.165, 1.54) is 30.6 Å². The minimum Gasteiger partial charge on any atom is -0.368 e. The van der Waals surface area contributed by atoms with E-state index in [1.807, 2.05) is 5.38 Å². The third-order valence-electron chi connectivity index (χ3n) is 6.31. The number of hydrogen-bond donors (Lipinski definition) is 1. The molecule has 1 aromatic rings. The molecule has 2 amide bonds. The zero-order valence-corrected chi connectivity index (χ0v) is 16.9. The minimum atomic E-state index is -0.581. The molecule has 1 saturated carbocycles. The van der Waals surface area contributed by atoms with Crippen molar-refractivity contribution in [1.82, 2.24) is 10.2 Å². The minimum absolute atomic E-state index is 0.0152. The molecule has 3 atom stereocenters. The first-order valence-electron chi connectivity index (χ1n) is 10.4. The monoisotopic (exact) mass is 404 g/mol. The molecule has 0 radical (unpaired) electrons. The van der Waals surface area contributed by atoms with Crippen LogP contribution in [0.15, 0.2) is 16.8 Å². The first-order valence-corrected chi connectivity index (χ1v) is 11.4. The number of fused-ring (bicyclic) bond motifs is 1. The summed E-state index contributed by atoms with van der Waals surface area (Å²) in [7, 11) is 0. The quantitative estimate of drug-likeness (QED) is 0.819. The molecule has 28 heavy (non-hydrogen) atoms. The van der Waals surface area contributed by atoms with Crippen LogP contribution in [0.5, 0.6) is 0 Å². The Morgan fingerprint density at radius 3 is 2.79 bits per heavy atom. The molecule has 2 saturated heterocycles. The van der Waals surface area contributed by atoms with Crippen LogP contribution in [0.1, 0.15) is 61.7 Å². The average Bonchev–Trinajstić information content (AvgIpc) is 3.38.